The van der Waals surface area contributed by atoms with Crippen LogP contribution in [0.15, 0.2) is 35.5 Å². The van der Waals surface area contributed by atoms with E-state index in [1.165, 1.54) is 6.92 Å². The number of rotatable bonds is 9. The molecule has 0 aromatic carbocycles. The second kappa shape index (κ2) is 9.71. The van der Waals surface area contributed by atoms with Gasteiger partial charge in [-0.15, -0.1) is 0 Å². The Morgan fingerprint density at radius 3 is 2.09 bits per heavy atom. The zero-order valence-corrected chi connectivity index (χ0v) is 17.9. The molecule has 32 heavy (non-hydrogen) atoms. The Bertz CT molecular complexity index is 938. The van der Waals surface area contributed by atoms with Crippen LogP contribution in [0.3, 0.4) is 0 Å². The fraction of sp³-hybridized carbons (Fsp3) is 0.556. The molecule has 0 aliphatic rings. The number of sulfone groups is 1. The highest BCUT2D eigenvalue weighted by molar-refractivity contribution is 7.92. The smallest absolute Gasteiger partial charge is 0.456 e. The van der Waals surface area contributed by atoms with Gasteiger partial charge in [0.2, 0.25) is 0 Å². The number of halogens is 8. The summed E-state index contributed by atoms with van der Waals surface area (Å²) in [6.45, 7) is 4.56. The van der Waals surface area contributed by atoms with E-state index in [1.54, 1.807) is 0 Å². The normalized spacial score (nSPS) is 15.9. The lowest BCUT2D eigenvalue weighted by Crippen LogP contribution is -2.41. The molecule has 0 amide bonds. The first kappa shape index (κ1) is 27.8. The van der Waals surface area contributed by atoms with Crippen molar-refractivity contribution in [3.8, 4) is 5.75 Å². The summed E-state index contributed by atoms with van der Waals surface area (Å²) in [5.41, 5.74) is -2.21. The van der Waals surface area contributed by atoms with Gasteiger partial charge in [0.25, 0.3) is 0 Å². The molecular formula is C18H20F8N2O3S. The quantitative estimate of drug-likeness (QED) is 0.352. The Balaban J connectivity index is 3.36. The van der Waals surface area contributed by atoms with E-state index in [-0.39, 0.29) is 5.69 Å². The minimum absolute atomic E-state index is 0.299. The summed E-state index contributed by atoms with van der Waals surface area (Å²) >= 11 is 0. The highest BCUT2D eigenvalue weighted by Crippen LogP contribution is 2.36. The Morgan fingerprint density at radius 2 is 1.72 bits per heavy atom. The average Bonchev–Trinajstić information content (AvgIpc) is 2.65. The van der Waals surface area contributed by atoms with Crippen molar-refractivity contribution in [1.82, 2.24) is 4.98 Å². The van der Waals surface area contributed by atoms with Crippen molar-refractivity contribution >= 4 is 15.5 Å². The summed E-state index contributed by atoms with van der Waals surface area (Å²) in [6, 6.07) is 0.138. The molecule has 1 aromatic rings. The molecular weight excluding hydrogens is 476 g/mol. The number of aliphatic imine (C=N–C) groups is 1. The standard InChI is InChI=1S/C18H20F8N2O3S/c1-5-32(29,30)11(4)14(28-15(10(2)3)17(21,22)23)13-7-6-12(8-27-13)31-9-16(19,20)18(24,25)26/h6-8,11,14H,2,5,9H2,1,3-4H3/b28-15+. The van der Waals surface area contributed by atoms with Gasteiger partial charge in [0.1, 0.15) is 17.5 Å². The third-order valence-electron chi connectivity index (χ3n) is 4.25. The summed E-state index contributed by atoms with van der Waals surface area (Å²) < 4.78 is 131. The van der Waals surface area contributed by atoms with E-state index in [0.29, 0.717) is 6.20 Å². The lowest BCUT2D eigenvalue weighted by atomic mass is 10.1. The largest absolute Gasteiger partial charge is 0.485 e. The number of hydrogen-bond donors (Lipinski definition) is 0. The average molecular weight is 496 g/mol. The Hall–Kier alpha value is -2.25. The van der Waals surface area contributed by atoms with Crippen molar-refractivity contribution in [2.75, 3.05) is 12.4 Å². The highest BCUT2D eigenvalue weighted by atomic mass is 32.2. The molecule has 1 rings (SSSR count). The number of hydrogen-bond acceptors (Lipinski definition) is 5. The molecule has 0 saturated heterocycles. The summed E-state index contributed by atoms with van der Waals surface area (Å²) in [5, 5.41) is -1.47. The van der Waals surface area contributed by atoms with Crippen molar-refractivity contribution in [2.24, 2.45) is 4.99 Å². The molecule has 5 nitrogen and oxygen atoms in total. The van der Waals surface area contributed by atoms with Crippen molar-refractivity contribution in [3.05, 3.63) is 36.2 Å². The third kappa shape index (κ3) is 6.87. The molecule has 0 bridgehead atoms. The van der Waals surface area contributed by atoms with E-state index in [2.05, 4.69) is 21.3 Å². The molecule has 0 saturated carbocycles. The first-order valence-electron chi connectivity index (χ1n) is 8.89. The number of pyridine rings is 1. The SMILES string of the molecule is C=C(C)/C(=N\C(c1ccc(OCC(F)(F)C(F)(F)F)cn1)C(C)S(=O)(=O)CC)C(F)(F)F. The van der Waals surface area contributed by atoms with Crippen molar-refractivity contribution in [1.29, 1.82) is 0 Å². The third-order valence-corrected chi connectivity index (χ3v) is 6.45. The monoisotopic (exact) mass is 496 g/mol. The molecule has 0 spiro atoms. The topological polar surface area (TPSA) is 68.6 Å². The zero-order chi connectivity index (χ0) is 25.1. The van der Waals surface area contributed by atoms with E-state index in [0.717, 1.165) is 26.0 Å². The molecule has 1 heterocycles. The molecule has 1 aromatic heterocycles. The van der Waals surface area contributed by atoms with Crippen LogP contribution in [0.1, 0.15) is 32.5 Å². The van der Waals surface area contributed by atoms with Crippen LogP contribution in [0.5, 0.6) is 5.75 Å². The van der Waals surface area contributed by atoms with Crippen LogP contribution in [-0.4, -0.2) is 55.0 Å². The van der Waals surface area contributed by atoms with Crippen LogP contribution in [0.2, 0.25) is 0 Å². The number of ether oxygens (including phenoxy) is 1. The molecule has 0 radical (unpaired) electrons. The summed E-state index contributed by atoms with van der Waals surface area (Å²) in [7, 11) is -3.92. The molecule has 0 aliphatic heterocycles. The first-order valence-corrected chi connectivity index (χ1v) is 10.6. The van der Waals surface area contributed by atoms with Gasteiger partial charge in [-0.1, -0.05) is 13.5 Å². The highest BCUT2D eigenvalue weighted by Gasteiger charge is 2.58. The number of aromatic nitrogens is 1. The Morgan fingerprint density at radius 1 is 1.16 bits per heavy atom. The predicted molar refractivity (Wildman–Crippen MR) is 101 cm³/mol. The van der Waals surface area contributed by atoms with E-state index in [9.17, 15) is 43.5 Å². The van der Waals surface area contributed by atoms with Gasteiger partial charge in [-0.05, 0) is 31.6 Å². The Labute approximate surface area is 179 Å². The first-order chi connectivity index (χ1) is 14.3. The van der Waals surface area contributed by atoms with Crippen LogP contribution in [-0.2, 0) is 9.84 Å². The second-order valence-corrected chi connectivity index (χ2v) is 9.41. The van der Waals surface area contributed by atoms with Gasteiger partial charge < -0.3 is 4.74 Å². The van der Waals surface area contributed by atoms with Crippen molar-refractivity contribution in [3.63, 3.8) is 0 Å². The van der Waals surface area contributed by atoms with Gasteiger partial charge in [0.05, 0.1) is 17.1 Å². The van der Waals surface area contributed by atoms with E-state index >= 15 is 0 Å². The lowest BCUT2D eigenvalue weighted by Gasteiger charge is -2.23. The molecule has 0 aliphatic carbocycles. The number of nitrogens with zero attached hydrogens (tertiary/aromatic N) is 2. The van der Waals surface area contributed by atoms with Crippen molar-refractivity contribution in [2.45, 2.75) is 50.3 Å². The van der Waals surface area contributed by atoms with E-state index < -0.39 is 68.8 Å². The summed E-state index contributed by atoms with van der Waals surface area (Å²) in [6.07, 6.45) is -10.1. The zero-order valence-electron chi connectivity index (χ0n) is 17.1. The van der Waals surface area contributed by atoms with Crippen LogP contribution in [0, 0.1) is 0 Å². The molecule has 2 atom stereocenters. The van der Waals surface area contributed by atoms with Gasteiger partial charge in [-0.2, -0.15) is 35.1 Å². The minimum Gasteiger partial charge on any atom is -0.485 e. The molecule has 0 N–H and O–H groups in total. The minimum atomic E-state index is -5.85. The maximum atomic E-state index is 13.3. The maximum Gasteiger partial charge on any atom is 0.456 e. The van der Waals surface area contributed by atoms with Crippen LogP contribution in [0.25, 0.3) is 0 Å². The Kier molecular flexibility index (Phi) is 8.43. The summed E-state index contributed by atoms with van der Waals surface area (Å²) in [4.78, 5) is 7.20. The fourth-order valence-corrected chi connectivity index (χ4v) is 3.46. The van der Waals surface area contributed by atoms with Crippen LogP contribution < -0.4 is 4.74 Å². The van der Waals surface area contributed by atoms with Crippen LogP contribution in [0.4, 0.5) is 35.1 Å². The van der Waals surface area contributed by atoms with Crippen molar-refractivity contribution < 1.29 is 48.3 Å². The molecule has 0 fully saturated rings. The lowest BCUT2D eigenvalue weighted by molar-refractivity contribution is -0.290. The fourth-order valence-electron chi connectivity index (χ4n) is 2.34. The molecule has 182 valence electrons. The number of allylic oxidation sites excluding steroid dienone is 1. The van der Waals surface area contributed by atoms with Gasteiger partial charge in [0, 0.05) is 5.75 Å². The van der Waals surface area contributed by atoms with E-state index in [4.69, 9.17) is 0 Å². The van der Waals surface area contributed by atoms with Gasteiger partial charge >= 0.3 is 18.3 Å². The van der Waals surface area contributed by atoms with Crippen LogP contribution >= 0.6 is 0 Å². The summed E-state index contributed by atoms with van der Waals surface area (Å²) in [5.74, 6) is -6.10. The number of alkyl halides is 8. The second-order valence-electron chi connectivity index (χ2n) is 6.77. The van der Waals surface area contributed by atoms with Gasteiger partial charge in [-0.25, -0.2) is 8.42 Å². The molecule has 2 unspecified atom stereocenters. The van der Waals surface area contributed by atoms with Gasteiger partial charge in [-0.3, -0.25) is 9.98 Å². The van der Waals surface area contributed by atoms with Gasteiger partial charge in [0.15, 0.2) is 16.4 Å². The van der Waals surface area contributed by atoms with E-state index in [1.807, 2.05) is 0 Å². The predicted octanol–water partition coefficient (Wildman–Crippen LogP) is 5.10. The molecule has 14 heteroatoms. The maximum absolute atomic E-state index is 13.3.